The molecule has 0 radical (unpaired) electrons. The molecule has 5 nitrogen and oxygen atoms in total. The second-order valence-electron chi connectivity index (χ2n) is 4.72. The number of para-hydroxylation sites is 1. The lowest BCUT2D eigenvalue weighted by atomic mass is 10.1. The van der Waals surface area contributed by atoms with E-state index in [1.54, 1.807) is 0 Å². The minimum atomic E-state index is -3.56. The summed E-state index contributed by atoms with van der Waals surface area (Å²) in [5, 5.41) is 8.57. The quantitative estimate of drug-likeness (QED) is 0.839. The summed E-state index contributed by atoms with van der Waals surface area (Å²) in [5.41, 5.74) is 1.80. The van der Waals surface area contributed by atoms with E-state index in [4.69, 9.17) is 5.26 Å². The van der Waals surface area contributed by atoms with Gasteiger partial charge in [-0.25, -0.2) is 0 Å². The van der Waals surface area contributed by atoms with Crippen molar-refractivity contribution in [2.45, 2.75) is 25.8 Å². The van der Waals surface area contributed by atoms with Crippen molar-refractivity contribution in [1.82, 2.24) is 4.31 Å². The third kappa shape index (κ3) is 2.44. The van der Waals surface area contributed by atoms with Crippen LogP contribution in [0.25, 0.3) is 0 Å². The van der Waals surface area contributed by atoms with Gasteiger partial charge in [0, 0.05) is 26.1 Å². The maximum atomic E-state index is 12.6. The third-order valence-corrected chi connectivity index (χ3v) is 5.35. The highest BCUT2D eigenvalue weighted by molar-refractivity contribution is 7.90. The third-order valence-electron chi connectivity index (χ3n) is 3.33. The van der Waals surface area contributed by atoms with Crippen LogP contribution in [0.3, 0.4) is 0 Å². The standard InChI is InChI=1S/C13H17N3O2S/c1-11-10-12-6-3-4-7-13(12)16(11)19(17,18)15(2)9-5-8-14/h3-4,6-7,11H,5,9-10H2,1-2H3. The van der Waals surface area contributed by atoms with Gasteiger partial charge in [-0.3, -0.25) is 4.31 Å². The number of fused-ring (bicyclic) bond motifs is 1. The molecule has 0 saturated carbocycles. The van der Waals surface area contributed by atoms with Crippen molar-refractivity contribution in [1.29, 1.82) is 5.26 Å². The molecule has 2 rings (SSSR count). The number of nitriles is 1. The van der Waals surface area contributed by atoms with Gasteiger partial charge in [0.05, 0.1) is 11.8 Å². The van der Waals surface area contributed by atoms with E-state index in [1.165, 1.54) is 15.7 Å². The summed E-state index contributed by atoms with van der Waals surface area (Å²) in [7, 11) is -2.04. The fraction of sp³-hybridized carbons (Fsp3) is 0.462. The molecule has 6 heteroatoms. The van der Waals surface area contributed by atoms with Crippen LogP contribution < -0.4 is 4.31 Å². The van der Waals surface area contributed by atoms with E-state index in [-0.39, 0.29) is 19.0 Å². The van der Waals surface area contributed by atoms with E-state index in [9.17, 15) is 8.42 Å². The molecule has 0 amide bonds. The van der Waals surface area contributed by atoms with Crippen LogP contribution in [-0.4, -0.2) is 32.4 Å². The number of benzene rings is 1. The second-order valence-corrected chi connectivity index (χ2v) is 6.63. The van der Waals surface area contributed by atoms with Crippen LogP contribution >= 0.6 is 0 Å². The normalized spacial score (nSPS) is 18.4. The fourth-order valence-electron chi connectivity index (χ4n) is 2.36. The predicted octanol–water partition coefficient (Wildman–Crippen LogP) is 1.53. The topological polar surface area (TPSA) is 64.4 Å². The van der Waals surface area contributed by atoms with Crippen molar-refractivity contribution in [2.75, 3.05) is 17.9 Å². The van der Waals surface area contributed by atoms with E-state index < -0.39 is 10.2 Å². The first-order chi connectivity index (χ1) is 8.98. The zero-order valence-electron chi connectivity index (χ0n) is 11.1. The summed E-state index contributed by atoms with van der Waals surface area (Å²) in [4.78, 5) is 0. The Hall–Kier alpha value is -1.58. The molecule has 0 N–H and O–H groups in total. The lowest BCUT2D eigenvalue weighted by molar-refractivity contribution is 0.469. The Balaban J connectivity index is 2.34. The van der Waals surface area contributed by atoms with Crippen LogP contribution in [-0.2, 0) is 16.6 Å². The molecule has 1 aromatic carbocycles. The smallest absolute Gasteiger partial charge is 0.254 e. The van der Waals surface area contributed by atoms with Crippen LogP contribution in [0, 0.1) is 11.3 Å². The molecule has 1 aromatic rings. The summed E-state index contributed by atoms with van der Waals surface area (Å²) in [6.07, 6.45) is 0.918. The van der Waals surface area contributed by atoms with Gasteiger partial charge in [0.2, 0.25) is 0 Å². The van der Waals surface area contributed by atoms with Gasteiger partial charge in [0.25, 0.3) is 0 Å². The van der Waals surface area contributed by atoms with Crippen LogP contribution in [0.4, 0.5) is 5.69 Å². The van der Waals surface area contributed by atoms with Crippen LogP contribution in [0.1, 0.15) is 18.9 Å². The highest BCUT2D eigenvalue weighted by atomic mass is 32.2. The highest BCUT2D eigenvalue weighted by Crippen LogP contribution is 2.34. The Morgan fingerprint density at radius 1 is 1.47 bits per heavy atom. The number of hydrogen-bond acceptors (Lipinski definition) is 3. The first kappa shape index (κ1) is 13.8. The molecule has 1 unspecified atom stereocenters. The van der Waals surface area contributed by atoms with E-state index in [1.807, 2.05) is 37.3 Å². The maximum Gasteiger partial charge on any atom is 0.304 e. The van der Waals surface area contributed by atoms with Gasteiger partial charge in [-0.05, 0) is 25.0 Å². The summed E-state index contributed by atoms with van der Waals surface area (Å²) in [5.74, 6) is 0. The Morgan fingerprint density at radius 3 is 2.84 bits per heavy atom. The first-order valence-corrected chi connectivity index (χ1v) is 7.58. The van der Waals surface area contributed by atoms with Gasteiger partial charge in [-0.1, -0.05) is 18.2 Å². The number of hydrogen-bond donors (Lipinski definition) is 0. The van der Waals surface area contributed by atoms with Crippen molar-refractivity contribution >= 4 is 15.9 Å². The monoisotopic (exact) mass is 279 g/mol. The van der Waals surface area contributed by atoms with Gasteiger partial charge < -0.3 is 0 Å². The Bertz CT molecular complexity index is 607. The maximum absolute atomic E-state index is 12.6. The average Bonchev–Trinajstić information content (AvgIpc) is 2.72. The number of nitrogens with zero attached hydrogens (tertiary/aromatic N) is 3. The zero-order chi connectivity index (χ0) is 14.0. The summed E-state index contributed by atoms with van der Waals surface area (Å²) >= 11 is 0. The summed E-state index contributed by atoms with van der Waals surface area (Å²) in [6.45, 7) is 2.11. The van der Waals surface area contributed by atoms with Crippen LogP contribution in [0.2, 0.25) is 0 Å². The molecular weight excluding hydrogens is 262 g/mol. The molecule has 0 fully saturated rings. The predicted molar refractivity (Wildman–Crippen MR) is 73.9 cm³/mol. The Kier molecular flexibility index (Phi) is 3.78. The summed E-state index contributed by atoms with van der Waals surface area (Å²) in [6, 6.07) is 9.42. The average molecular weight is 279 g/mol. The summed E-state index contributed by atoms with van der Waals surface area (Å²) < 4.78 is 27.8. The van der Waals surface area contributed by atoms with Crippen molar-refractivity contribution < 1.29 is 8.42 Å². The number of rotatable bonds is 4. The molecule has 1 aliphatic rings. The Labute approximate surface area is 114 Å². The molecule has 0 spiro atoms. The molecule has 1 heterocycles. The largest absolute Gasteiger partial charge is 0.304 e. The van der Waals surface area contributed by atoms with Crippen molar-refractivity contribution in [3.8, 4) is 6.07 Å². The molecule has 1 aliphatic heterocycles. The Morgan fingerprint density at radius 2 is 2.16 bits per heavy atom. The van der Waals surface area contributed by atoms with Gasteiger partial charge in [-0.2, -0.15) is 18.0 Å². The minimum Gasteiger partial charge on any atom is -0.254 e. The molecule has 0 aromatic heterocycles. The van der Waals surface area contributed by atoms with Gasteiger partial charge in [-0.15, -0.1) is 0 Å². The van der Waals surface area contributed by atoms with Gasteiger partial charge >= 0.3 is 10.2 Å². The molecule has 0 saturated heterocycles. The zero-order valence-corrected chi connectivity index (χ0v) is 11.9. The highest BCUT2D eigenvalue weighted by Gasteiger charge is 2.36. The molecule has 19 heavy (non-hydrogen) atoms. The van der Waals surface area contributed by atoms with Gasteiger partial charge in [0.1, 0.15) is 0 Å². The van der Waals surface area contributed by atoms with Crippen molar-refractivity contribution in [2.24, 2.45) is 0 Å². The first-order valence-electron chi connectivity index (χ1n) is 6.19. The van der Waals surface area contributed by atoms with Crippen LogP contribution in [0.15, 0.2) is 24.3 Å². The molecule has 1 atom stereocenters. The van der Waals surface area contributed by atoms with E-state index in [0.29, 0.717) is 0 Å². The van der Waals surface area contributed by atoms with Crippen molar-refractivity contribution in [3.63, 3.8) is 0 Å². The van der Waals surface area contributed by atoms with Crippen LogP contribution in [0.5, 0.6) is 0 Å². The molecule has 0 aliphatic carbocycles. The lowest BCUT2D eigenvalue weighted by Crippen LogP contribution is -2.45. The lowest BCUT2D eigenvalue weighted by Gasteiger charge is -2.29. The van der Waals surface area contributed by atoms with Crippen molar-refractivity contribution in [3.05, 3.63) is 29.8 Å². The van der Waals surface area contributed by atoms with E-state index >= 15 is 0 Å². The number of anilines is 1. The van der Waals surface area contributed by atoms with E-state index in [2.05, 4.69) is 0 Å². The van der Waals surface area contributed by atoms with Gasteiger partial charge in [0.15, 0.2) is 0 Å². The molecule has 102 valence electrons. The molecular formula is C13H17N3O2S. The fourth-order valence-corrected chi connectivity index (χ4v) is 3.94. The van der Waals surface area contributed by atoms with E-state index in [0.717, 1.165) is 17.7 Å². The minimum absolute atomic E-state index is 0.0908. The molecule has 0 bridgehead atoms. The second kappa shape index (κ2) is 5.19. The SMILES string of the molecule is CC1Cc2ccccc2N1S(=O)(=O)N(C)CCC#N.